The molecule has 0 spiro atoms. The third kappa shape index (κ3) is 6.23. The first-order valence-corrected chi connectivity index (χ1v) is 14.6. The quantitative estimate of drug-likeness (QED) is 0.188. The van der Waals surface area contributed by atoms with Gasteiger partial charge in [-0.2, -0.15) is 10.1 Å². The SMILES string of the molecule is C/C(=N\NC(=O)N=C1SCC2=CC(C)c3ccc(C)cc3N21)c1ccc(-c2ncn(-c3ccc(OC(F)(F)F)cc3)n2)cc1. The lowest BCUT2D eigenvalue weighted by Crippen LogP contribution is -2.29. The standard InChI is InChI=1S/C31H26F3N7O2S/c1-18-4-13-26-19(2)15-24-16-44-30(41(24)27(26)14-18)36-29(42)38-37-20(3)21-5-7-22(8-6-21)28-35-17-40(39-28)23-9-11-25(12-10-23)43-31(32,33)34/h4-15,17,19H,16H2,1-3H3,(H,38,42)/b36-30?,37-20+. The summed E-state index contributed by atoms with van der Waals surface area (Å²) in [5, 5.41) is 9.27. The first kappa shape index (κ1) is 29.2. The molecule has 13 heteroatoms. The fourth-order valence-corrected chi connectivity index (χ4v) is 5.95. The molecule has 1 fully saturated rings. The van der Waals surface area contributed by atoms with Crippen LogP contribution in [-0.4, -0.2) is 43.8 Å². The average molecular weight is 618 g/mol. The number of allylic oxidation sites excluding steroid dienone is 1. The van der Waals surface area contributed by atoms with Crippen LogP contribution >= 0.6 is 11.8 Å². The number of nitrogens with one attached hydrogen (secondary N) is 1. The number of rotatable bonds is 5. The van der Waals surface area contributed by atoms with Crippen molar-refractivity contribution in [3.8, 4) is 22.8 Å². The van der Waals surface area contributed by atoms with Crippen LogP contribution in [0, 0.1) is 6.92 Å². The number of amidine groups is 1. The molecule has 1 N–H and O–H groups in total. The molecule has 3 aromatic carbocycles. The Hall–Kier alpha value is -4.91. The largest absolute Gasteiger partial charge is 0.573 e. The average Bonchev–Trinajstić information content (AvgIpc) is 3.63. The summed E-state index contributed by atoms with van der Waals surface area (Å²) in [6.45, 7) is 5.99. The van der Waals surface area contributed by atoms with Gasteiger partial charge < -0.3 is 4.74 Å². The van der Waals surface area contributed by atoms with Crippen molar-refractivity contribution < 1.29 is 22.7 Å². The summed E-state index contributed by atoms with van der Waals surface area (Å²) in [6.07, 6.45) is -1.07. The lowest BCUT2D eigenvalue weighted by atomic mass is 9.93. The first-order chi connectivity index (χ1) is 21.0. The van der Waals surface area contributed by atoms with Gasteiger partial charge >= 0.3 is 12.4 Å². The number of amides is 2. The van der Waals surface area contributed by atoms with Crippen molar-refractivity contribution in [3.05, 3.63) is 102 Å². The van der Waals surface area contributed by atoms with Gasteiger partial charge in [0.1, 0.15) is 12.1 Å². The van der Waals surface area contributed by atoms with Gasteiger partial charge in [0.2, 0.25) is 0 Å². The van der Waals surface area contributed by atoms with Gasteiger partial charge in [-0.25, -0.2) is 19.9 Å². The number of anilines is 1. The molecular weight excluding hydrogens is 591 g/mol. The molecule has 0 radical (unpaired) electrons. The summed E-state index contributed by atoms with van der Waals surface area (Å²) in [7, 11) is 0. The number of carbonyl (C=O) groups excluding carboxylic acids is 1. The van der Waals surface area contributed by atoms with Gasteiger partial charge in [0, 0.05) is 22.9 Å². The Morgan fingerprint density at radius 3 is 2.57 bits per heavy atom. The fourth-order valence-electron chi connectivity index (χ4n) is 4.95. The van der Waals surface area contributed by atoms with Gasteiger partial charge in [0.05, 0.1) is 17.1 Å². The van der Waals surface area contributed by atoms with Crippen LogP contribution in [0.3, 0.4) is 0 Å². The Bertz CT molecular complexity index is 1810. The summed E-state index contributed by atoms with van der Waals surface area (Å²) in [4.78, 5) is 23.4. The minimum absolute atomic E-state index is 0.290. The number of aliphatic imine (C=N–C) groups is 1. The molecular formula is C31H26F3N7O2S. The highest BCUT2D eigenvalue weighted by Crippen LogP contribution is 2.43. The van der Waals surface area contributed by atoms with Crippen molar-refractivity contribution in [2.75, 3.05) is 10.7 Å². The molecule has 0 saturated carbocycles. The number of hydrogen-bond acceptors (Lipinski definition) is 6. The first-order valence-electron chi connectivity index (χ1n) is 13.6. The lowest BCUT2D eigenvalue weighted by molar-refractivity contribution is -0.274. The van der Waals surface area contributed by atoms with Gasteiger partial charge in [-0.3, -0.25) is 4.90 Å². The van der Waals surface area contributed by atoms with Crippen molar-refractivity contribution in [1.82, 2.24) is 20.2 Å². The van der Waals surface area contributed by atoms with E-state index in [1.165, 1.54) is 52.6 Å². The number of benzene rings is 3. The van der Waals surface area contributed by atoms with Crippen LogP contribution < -0.4 is 15.1 Å². The molecule has 1 unspecified atom stereocenters. The summed E-state index contributed by atoms with van der Waals surface area (Å²) in [5.74, 6) is 1.14. The van der Waals surface area contributed by atoms with Crippen LogP contribution in [0.15, 0.2) is 94.9 Å². The zero-order valence-electron chi connectivity index (χ0n) is 23.8. The van der Waals surface area contributed by atoms with E-state index in [9.17, 15) is 18.0 Å². The smallest absolute Gasteiger partial charge is 0.406 e. The van der Waals surface area contributed by atoms with Crippen LogP contribution in [0.2, 0.25) is 0 Å². The Morgan fingerprint density at radius 1 is 1.09 bits per heavy atom. The Labute approximate surface area is 255 Å². The number of hydrazone groups is 1. The molecule has 1 saturated heterocycles. The number of carbonyl (C=O) groups is 1. The van der Waals surface area contributed by atoms with Crippen LogP contribution in [0.5, 0.6) is 5.75 Å². The molecule has 9 nitrogen and oxygen atoms in total. The maximum Gasteiger partial charge on any atom is 0.573 e. The topological polar surface area (TPSA) is 97.0 Å². The number of nitrogens with zero attached hydrogens (tertiary/aromatic N) is 6. The van der Waals surface area contributed by atoms with Crippen molar-refractivity contribution in [2.24, 2.45) is 10.1 Å². The van der Waals surface area contributed by atoms with E-state index in [4.69, 9.17) is 0 Å². The second-order valence-electron chi connectivity index (χ2n) is 10.3. The summed E-state index contributed by atoms with van der Waals surface area (Å²) in [5.41, 5.74) is 9.65. The number of urea groups is 1. The van der Waals surface area contributed by atoms with E-state index in [2.05, 4.69) is 66.4 Å². The van der Waals surface area contributed by atoms with Crippen LogP contribution in [0.1, 0.15) is 36.5 Å². The number of aromatic nitrogens is 3. The maximum atomic E-state index is 12.7. The molecule has 2 aliphatic rings. The molecule has 4 aromatic rings. The van der Waals surface area contributed by atoms with Gasteiger partial charge in [0.25, 0.3) is 0 Å². The second kappa shape index (κ2) is 11.6. The normalized spacial score (nSPS) is 17.3. The van der Waals surface area contributed by atoms with Crippen molar-refractivity contribution in [2.45, 2.75) is 33.1 Å². The van der Waals surface area contributed by atoms with E-state index in [0.29, 0.717) is 28.3 Å². The monoisotopic (exact) mass is 617 g/mol. The number of alkyl halides is 3. The highest BCUT2D eigenvalue weighted by atomic mass is 32.2. The van der Waals surface area contributed by atoms with E-state index in [1.54, 1.807) is 6.92 Å². The highest BCUT2D eigenvalue weighted by Gasteiger charge is 2.33. The zero-order valence-corrected chi connectivity index (χ0v) is 24.6. The maximum absolute atomic E-state index is 12.7. The molecule has 3 heterocycles. The fraction of sp³-hybridized carbons (Fsp3) is 0.194. The van der Waals surface area contributed by atoms with E-state index in [0.717, 1.165) is 33.8 Å². The minimum atomic E-state index is -4.76. The summed E-state index contributed by atoms with van der Waals surface area (Å²) in [6, 6.07) is 18.4. The molecule has 2 aliphatic heterocycles. The van der Waals surface area contributed by atoms with Crippen molar-refractivity contribution >= 4 is 34.4 Å². The Kier molecular flexibility index (Phi) is 7.72. The predicted molar refractivity (Wildman–Crippen MR) is 164 cm³/mol. The van der Waals surface area contributed by atoms with Gasteiger partial charge in [-0.15, -0.1) is 18.3 Å². The molecule has 224 valence electrons. The number of hydrogen-bond donors (Lipinski definition) is 1. The van der Waals surface area contributed by atoms with E-state index >= 15 is 0 Å². The summed E-state index contributed by atoms with van der Waals surface area (Å²) < 4.78 is 42.6. The molecule has 2 amide bonds. The van der Waals surface area contributed by atoms with Crippen LogP contribution in [0.25, 0.3) is 17.1 Å². The molecule has 1 atom stereocenters. The van der Waals surface area contributed by atoms with Gasteiger partial charge in [0.15, 0.2) is 11.0 Å². The molecule has 0 bridgehead atoms. The Balaban J connectivity index is 1.11. The number of thioether (sulfide) groups is 1. The number of ether oxygens (including phenoxy) is 1. The predicted octanol–water partition coefficient (Wildman–Crippen LogP) is 7.19. The second-order valence-corrected chi connectivity index (χ2v) is 11.2. The van der Waals surface area contributed by atoms with Gasteiger partial charge in [-0.1, -0.05) is 61.2 Å². The van der Waals surface area contributed by atoms with E-state index < -0.39 is 12.4 Å². The third-order valence-corrected chi connectivity index (χ3v) is 8.06. The minimum Gasteiger partial charge on any atom is -0.406 e. The zero-order chi connectivity index (χ0) is 31.0. The van der Waals surface area contributed by atoms with E-state index in [1.807, 2.05) is 31.2 Å². The van der Waals surface area contributed by atoms with E-state index in [-0.39, 0.29) is 5.75 Å². The van der Waals surface area contributed by atoms with Crippen LogP contribution in [0.4, 0.5) is 23.7 Å². The van der Waals surface area contributed by atoms with Crippen LogP contribution in [-0.2, 0) is 0 Å². The third-order valence-electron chi connectivity index (χ3n) is 7.09. The molecule has 0 aliphatic carbocycles. The van der Waals surface area contributed by atoms with Gasteiger partial charge in [-0.05, 0) is 60.9 Å². The van der Waals surface area contributed by atoms with Crippen molar-refractivity contribution in [1.29, 1.82) is 0 Å². The number of halogens is 3. The van der Waals surface area contributed by atoms with Crippen molar-refractivity contribution in [3.63, 3.8) is 0 Å². The molecule has 6 rings (SSSR count). The Morgan fingerprint density at radius 2 is 1.84 bits per heavy atom. The number of fused-ring (bicyclic) bond motifs is 3. The molecule has 44 heavy (non-hydrogen) atoms. The highest BCUT2D eigenvalue weighted by molar-refractivity contribution is 8.14. The molecule has 1 aromatic heterocycles. The lowest BCUT2D eigenvalue weighted by Gasteiger charge is -2.30. The summed E-state index contributed by atoms with van der Waals surface area (Å²) >= 11 is 1.52. The number of aryl methyl sites for hydroxylation is 1.